The van der Waals surface area contributed by atoms with Gasteiger partial charge in [-0.2, -0.15) is 22.0 Å². The molecule has 2 heterocycles. The van der Waals surface area contributed by atoms with Gasteiger partial charge >= 0.3 is 24.9 Å². The first-order valence-electron chi connectivity index (χ1n) is 11.7. The van der Waals surface area contributed by atoms with Crippen molar-refractivity contribution in [3.63, 3.8) is 0 Å². The molecule has 1 aliphatic heterocycles. The van der Waals surface area contributed by atoms with Crippen LogP contribution in [0.25, 0.3) is 0 Å². The van der Waals surface area contributed by atoms with E-state index in [1.165, 1.54) is 33.4 Å². The fraction of sp³-hybridized carbons (Fsp3) is 0.458. The van der Waals surface area contributed by atoms with Crippen molar-refractivity contribution in [2.45, 2.75) is 63.9 Å². The van der Waals surface area contributed by atoms with Crippen LogP contribution in [0.5, 0.6) is 11.6 Å². The van der Waals surface area contributed by atoms with Gasteiger partial charge in [0.2, 0.25) is 5.60 Å². The molecule has 2 aromatic rings. The molecule has 0 saturated heterocycles. The van der Waals surface area contributed by atoms with Crippen LogP contribution in [-0.4, -0.2) is 62.7 Å². The number of carboxylic acids is 1. The number of rotatable bonds is 8. The van der Waals surface area contributed by atoms with Crippen molar-refractivity contribution < 1.29 is 55.1 Å². The van der Waals surface area contributed by atoms with Crippen molar-refractivity contribution in [2.24, 2.45) is 0 Å². The number of nitrogens with one attached hydrogen (secondary N) is 1. The minimum atomic E-state index is -4.79. The first-order chi connectivity index (χ1) is 19.1. The van der Waals surface area contributed by atoms with Gasteiger partial charge in [0.1, 0.15) is 17.3 Å². The Balaban J connectivity index is 0.00000108. The molecule has 0 spiro atoms. The number of ether oxygens (including phenoxy) is 3. The first kappa shape index (κ1) is 35.0. The maximum absolute atomic E-state index is 13.3. The number of hydrogen-bond acceptors (Lipinski definition) is 7. The lowest BCUT2D eigenvalue weighted by atomic mass is 10.1. The third kappa shape index (κ3) is 9.81. The number of carbonyl (C=O) groups excluding carboxylic acids is 1. The molecule has 41 heavy (non-hydrogen) atoms. The van der Waals surface area contributed by atoms with Crippen LogP contribution in [-0.2, 0) is 27.1 Å². The van der Waals surface area contributed by atoms with Crippen LogP contribution >= 0.6 is 0 Å². The van der Waals surface area contributed by atoms with Gasteiger partial charge in [-0.1, -0.05) is 6.92 Å². The van der Waals surface area contributed by atoms with Crippen molar-refractivity contribution in [1.82, 2.24) is 9.78 Å². The molecular formula is C24H29F5N4O7S. The number of aromatic nitrogens is 2. The van der Waals surface area contributed by atoms with Crippen molar-refractivity contribution in [3.05, 3.63) is 24.4 Å². The molecule has 2 N–H and O–H groups in total. The summed E-state index contributed by atoms with van der Waals surface area (Å²) in [6.07, 6.45) is 3.38. The van der Waals surface area contributed by atoms with Gasteiger partial charge in [0, 0.05) is 24.8 Å². The van der Waals surface area contributed by atoms with Crippen molar-refractivity contribution >= 4 is 34.4 Å². The van der Waals surface area contributed by atoms with E-state index >= 15 is 0 Å². The summed E-state index contributed by atoms with van der Waals surface area (Å²) in [5.41, 5.74) is -2.50. The fourth-order valence-electron chi connectivity index (χ4n) is 2.83. The van der Waals surface area contributed by atoms with E-state index in [2.05, 4.69) is 32.7 Å². The van der Waals surface area contributed by atoms with Gasteiger partial charge in [-0.15, -0.1) is 17.9 Å². The predicted molar refractivity (Wildman–Crippen MR) is 138 cm³/mol. The molecule has 17 heteroatoms. The largest absolute Gasteiger partial charge is 0.489 e. The summed E-state index contributed by atoms with van der Waals surface area (Å²) in [5.74, 6) is -0.992. The van der Waals surface area contributed by atoms with E-state index in [0.717, 1.165) is 0 Å². The molecule has 1 aromatic carbocycles. The SMILES string of the molecule is C#C.CCC(=O)O.CCn1cc(S(=O)N2CCOc3ccc(NC(=O)OC(C)(C)C(F)(F)F)cc32)c(OC(F)F)n1. The van der Waals surface area contributed by atoms with Gasteiger partial charge in [-0.25, -0.2) is 9.00 Å². The smallest absolute Gasteiger partial charge is 0.427 e. The molecule has 0 fully saturated rings. The second-order valence-electron chi connectivity index (χ2n) is 8.18. The zero-order valence-electron chi connectivity index (χ0n) is 22.4. The Morgan fingerprint density at radius 2 is 1.85 bits per heavy atom. The van der Waals surface area contributed by atoms with Crippen molar-refractivity contribution in [3.8, 4) is 24.5 Å². The van der Waals surface area contributed by atoms with Crippen LogP contribution in [0.15, 0.2) is 29.3 Å². The van der Waals surface area contributed by atoms with Crippen LogP contribution < -0.4 is 19.1 Å². The zero-order chi connectivity index (χ0) is 31.5. The lowest BCUT2D eigenvalue weighted by molar-refractivity contribution is -0.242. The number of fused-ring (bicyclic) bond motifs is 1. The number of halogens is 5. The number of aliphatic carboxylic acids is 1. The van der Waals surface area contributed by atoms with E-state index < -0.39 is 47.3 Å². The number of carbonyl (C=O) groups is 2. The first-order valence-corrected chi connectivity index (χ1v) is 12.8. The zero-order valence-corrected chi connectivity index (χ0v) is 23.2. The second kappa shape index (κ2) is 15.1. The second-order valence-corrected chi connectivity index (χ2v) is 9.56. The monoisotopic (exact) mass is 612 g/mol. The van der Waals surface area contributed by atoms with Gasteiger partial charge in [-0.3, -0.25) is 19.1 Å². The molecule has 1 aliphatic rings. The number of nitrogens with zero attached hydrogens (tertiary/aromatic N) is 3. The molecule has 228 valence electrons. The Morgan fingerprint density at radius 1 is 1.24 bits per heavy atom. The average molecular weight is 613 g/mol. The summed E-state index contributed by atoms with van der Waals surface area (Å²) in [6.45, 7) is 2.01. The highest BCUT2D eigenvalue weighted by Crippen LogP contribution is 2.38. The van der Waals surface area contributed by atoms with Crippen molar-refractivity contribution in [2.75, 3.05) is 22.8 Å². The van der Waals surface area contributed by atoms with Gasteiger partial charge in [-0.05, 0) is 39.0 Å². The summed E-state index contributed by atoms with van der Waals surface area (Å²) in [6, 6.07) is 4.08. The van der Waals surface area contributed by atoms with Gasteiger partial charge in [0.25, 0.3) is 5.88 Å². The fourth-order valence-corrected chi connectivity index (χ4v) is 4.08. The van der Waals surface area contributed by atoms with Gasteiger partial charge in [0.05, 0.1) is 12.2 Å². The Kier molecular flexibility index (Phi) is 12.9. The maximum Gasteiger partial charge on any atom is 0.427 e. The summed E-state index contributed by atoms with van der Waals surface area (Å²) < 4.78 is 94.8. The van der Waals surface area contributed by atoms with E-state index in [4.69, 9.17) is 9.84 Å². The summed E-state index contributed by atoms with van der Waals surface area (Å²) in [4.78, 5) is 21.3. The number of amides is 1. The summed E-state index contributed by atoms with van der Waals surface area (Å²) >= 11 is 0. The molecule has 1 amide bonds. The number of benzene rings is 1. The Labute approximate surface area is 235 Å². The number of carboxylic acid groups (broad SMARTS) is 1. The van der Waals surface area contributed by atoms with E-state index in [1.807, 2.05) is 0 Å². The highest BCUT2D eigenvalue weighted by Gasteiger charge is 2.51. The predicted octanol–water partition coefficient (Wildman–Crippen LogP) is 5.05. The van der Waals surface area contributed by atoms with Crippen LogP contribution in [0.4, 0.5) is 38.1 Å². The third-order valence-corrected chi connectivity index (χ3v) is 6.40. The van der Waals surface area contributed by atoms with Gasteiger partial charge < -0.3 is 19.3 Å². The Bertz CT molecular complexity index is 1230. The summed E-state index contributed by atoms with van der Waals surface area (Å²) in [5, 5.41) is 13.8. The molecule has 1 unspecified atom stereocenters. The van der Waals surface area contributed by atoms with E-state index in [1.54, 1.807) is 13.8 Å². The number of hydrogen-bond donors (Lipinski definition) is 2. The van der Waals surface area contributed by atoms with Gasteiger partial charge in [0.15, 0.2) is 11.0 Å². The highest BCUT2D eigenvalue weighted by molar-refractivity contribution is 7.86. The molecule has 0 saturated carbocycles. The number of terminal acetylenes is 1. The molecule has 1 aromatic heterocycles. The minimum absolute atomic E-state index is 0.0301. The minimum Gasteiger partial charge on any atom is -0.489 e. The molecule has 1 atom stereocenters. The average Bonchev–Trinajstić information content (AvgIpc) is 3.30. The summed E-state index contributed by atoms with van der Waals surface area (Å²) in [7, 11) is -2.07. The topological polar surface area (TPSA) is 132 Å². The number of aryl methyl sites for hydroxylation is 1. The number of anilines is 2. The Hall–Kier alpha value is -4.07. The molecule has 3 rings (SSSR count). The van der Waals surface area contributed by atoms with E-state index in [9.17, 15) is 35.8 Å². The van der Waals surface area contributed by atoms with Crippen molar-refractivity contribution in [1.29, 1.82) is 0 Å². The quantitative estimate of drug-likeness (QED) is 0.313. The van der Waals surface area contributed by atoms with Crippen LogP contribution in [0.3, 0.4) is 0 Å². The maximum atomic E-state index is 13.3. The molecule has 11 nitrogen and oxygen atoms in total. The molecule has 0 bridgehead atoms. The third-order valence-electron chi connectivity index (χ3n) is 4.97. The lowest BCUT2D eigenvalue weighted by Gasteiger charge is -2.30. The molecule has 0 radical (unpaired) electrons. The standard InChI is InChI=1S/C19H21F5N4O5S.C3H6O2.C2H2/c1-4-27-10-14(15(26-27)32-16(20)21)34(30)28-7-8-31-13-6-5-11(9-12(13)28)25-17(29)33-18(2,3)19(22,23)24;1-2-3(4)5;1-2/h5-6,9-10,16H,4,7-8H2,1-3H3,(H,25,29);2H2,1H3,(H,4,5);1-2H. The number of alkyl halides is 5. The van der Waals surface area contributed by atoms with Crippen LogP contribution in [0, 0.1) is 12.8 Å². The van der Waals surface area contributed by atoms with E-state index in [0.29, 0.717) is 20.4 Å². The Morgan fingerprint density at radius 3 is 2.37 bits per heavy atom. The van der Waals surface area contributed by atoms with Crippen LogP contribution in [0.2, 0.25) is 0 Å². The highest BCUT2D eigenvalue weighted by atomic mass is 32.2. The van der Waals surface area contributed by atoms with E-state index in [-0.39, 0.29) is 41.6 Å². The molecule has 0 aliphatic carbocycles. The van der Waals surface area contributed by atoms with Crippen LogP contribution in [0.1, 0.15) is 34.1 Å². The molecular weight excluding hydrogens is 583 g/mol. The lowest BCUT2D eigenvalue weighted by Crippen LogP contribution is -2.44. The normalized spacial score (nSPS) is 13.3.